The number of nitrogens with one attached hydrogen (secondary N) is 1. The smallest absolute Gasteiger partial charge is 0.247 e. The van der Waals surface area contributed by atoms with Crippen LogP contribution in [0.25, 0.3) is 16.5 Å². The molecule has 0 saturated carbocycles. The number of fused-ring (bicyclic) bond motifs is 1. The second-order valence-electron chi connectivity index (χ2n) is 6.74. The lowest BCUT2D eigenvalue weighted by Gasteiger charge is -2.26. The van der Waals surface area contributed by atoms with Gasteiger partial charge in [-0.3, -0.25) is 0 Å². The highest BCUT2D eigenvalue weighted by molar-refractivity contribution is 7.89. The number of hydrogen-bond acceptors (Lipinski definition) is 3. The van der Waals surface area contributed by atoms with E-state index in [1.807, 2.05) is 43.5 Å². The molecule has 1 N–H and O–H groups in total. The highest BCUT2D eigenvalue weighted by Gasteiger charge is 2.29. The number of para-hydroxylation sites is 1. The van der Waals surface area contributed by atoms with Crippen molar-refractivity contribution in [3.63, 3.8) is 0 Å². The van der Waals surface area contributed by atoms with Crippen molar-refractivity contribution in [1.29, 1.82) is 0 Å². The second kappa shape index (κ2) is 6.87. The highest BCUT2D eigenvalue weighted by Crippen LogP contribution is 2.33. The summed E-state index contributed by atoms with van der Waals surface area (Å²) < 4.78 is 33.1. The van der Waals surface area contributed by atoms with Gasteiger partial charge in [0.15, 0.2) is 0 Å². The standard InChI is InChI=1S/C21H22N2O3S/c1-15-7-8-20(26-2)21(13-15)27(24,25)23-11-9-16(10-12-23)18-14-22-19-6-4-3-5-17(18)19/h3-9,13-14,22H,10-12H2,1-2H3. The van der Waals surface area contributed by atoms with Crippen LogP contribution in [0.5, 0.6) is 5.75 Å². The molecule has 0 saturated heterocycles. The quantitative estimate of drug-likeness (QED) is 0.743. The molecule has 0 unspecified atom stereocenters. The fraction of sp³-hybridized carbons (Fsp3) is 0.238. The van der Waals surface area contributed by atoms with E-state index in [2.05, 4.69) is 11.1 Å². The van der Waals surface area contributed by atoms with Gasteiger partial charge in [-0.1, -0.05) is 30.3 Å². The average molecular weight is 382 g/mol. The zero-order chi connectivity index (χ0) is 19.0. The predicted octanol–water partition coefficient (Wildman–Crippen LogP) is 3.96. The maximum atomic E-state index is 13.1. The zero-order valence-corrected chi connectivity index (χ0v) is 16.2. The molecule has 6 heteroatoms. The Morgan fingerprint density at radius 1 is 1.15 bits per heavy atom. The lowest BCUT2D eigenvalue weighted by molar-refractivity contribution is 0.395. The predicted molar refractivity (Wildman–Crippen MR) is 107 cm³/mol. The molecule has 1 aromatic heterocycles. The van der Waals surface area contributed by atoms with Gasteiger partial charge in [0.1, 0.15) is 10.6 Å². The summed E-state index contributed by atoms with van der Waals surface area (Å²) in [6.45, 7) is 2.68. The van der Waals surface area contributed by atoms with Gasteiger partial charge in [-0.15, -0.1) is 0 Å². The van der Waals surface area contributed by atoms with Crippen LogP contribution in [-0.4, -0.2) is 37.9 Å². The largest absolute Gasteiger partial charge is 0.495 e. The van der Waals surface area contributed by atoms with Crippen molar-refractivity contribution in [2.45, 2.75) is 18.2 Å². The molecular formula is C21H22N2O3S. The van der Waals surface area contributed by atoms with Crippen molar-refractivity contribution >= 4 is 26.5 Å². The lowest BCUT2D eigenvalue weighted by atomic mass is 10.00. The van der Waals surface area contributed by atoms with E-state index in [9.17, 15) is 8.42 Å². The molecule has 0 aliphatic carbocycles. The molecule has 4 rings (SSSR count). The molecule has 1 aliphatic heterocycles. The van der Waals surface area contributed by atoms with Gasteiger partial charge in [0.25, 0.3) is 0 Å². The van der Waals surface area contributed by atoms with Crippen LogP contribution < -0.4 is 4.74 Å². The summed E-state index contributed by atoms with van der Waals surface area (Å²) in [6, 6.07) is 13.4. The molecule has 0 fully saturated rings. The zero-order valence-electron chi connectivity index (χ0n) is 15.4. The number of methoxy groups -OCH3 is 1. The molecule has 2 heterocycles. The molecule has 27 heavy (non-hydrogen) atoms. The Hall–Kier alpha value is -2.57. The summed E-state index contributed by atoms with van der Waals surface area (Å²) in [5, 5.41) is 1.17. The van der Waals surface area contributed by atoms with Crippen LogP contribution in [0.3, 0.4) is 0 Å². The van der Waals surface area contributed by atoms with E-state index in [1.54, 1.807) is 12.1 Å². The van der Waals surface area contributed by atoms with Gasteiger partial charge in [-0.25, -0.2) is 8.42 Å². The van der Waals surface area contributed by atoms with Crippen LogP contribution in [-0.2, 0) is 10.0 Å². The van der Waals surface area contributed by atoms with E-state index in [4.69, 9.17) is 4.74 Å². The van der Waals surface area contributed by atoms with E-state index in [0.717, 1.165) is 16.6 Å². The van der Waals surface area contributed by atoms with Gasteiger partial charge in [-0.05, 0) is 42.7 Å². The second-order valence-corrected chi connectivity index (χ2v) is 8.65. The van der Waals surface area contributed by atoms with Crippen molar-refractivity contribution in [3.8, 4) is 5.75 Å². The van der Waals surface area contributed by atoms with Crippen LogP contribution in [0.2, 0.25) is 0 Å². The molecule has 0 bridgehead atoms. The van der Waals surface area contributed by atoms with Crippen LogP contribution in [0.15, 0.2) is 59.6 Å². The first-order valence-electron chi connectivity index (χ1n) is 8.91. The number of aromatic amines is 1. The molecule has 0 radical (unpaired) electrons. The number of H-pyrrole nitrogens is 1. The molecule has 5 nitrogen and oxygen atoms in total. The van der Waals surface area contributed by atoms with E-state index < -0.39 is 10.0 Å². The van der Waals surface area contributed by atoms with Gasteiger partial charge >= 0.3 is 0 Å². The molecule has 140 valence electrons. The number of hydrogen-bond donors (Lipinski definition) is 1. The van der Waals surface area contributed by atoms with Crippen molar-refractivity contribution < 1.29 is 13.2 Å². The van der Waals surface area contributed by atoms with Gasteiger partial charge in [-0.2, -0.15) is 4.31 Å². The minimum Gasteiger partial charge on any atom is -0.495 e. The number of rotatable bonds is 4. The molecule has 0 spiro atoms. The SMILES string of the molecule is COc1ccc(C)cc1S(=O)(=O)N1CC=C(c2c[nH]c3ccccc23)CC1. The Bertz CT molecular complexity index is 1130. The number of ether oxygens (including phenoxy) is 1. The minimum absolute atomic E-state index is 0.231. The van der Waals surface area contributed by atoms with Crippen molar-refractivity contribution in [3.05, 3.63) is 65.9 Å². The molecule has 2 aromatic carbocycles. The monoisotopic (exact) mass is 382 g/mol. The normalized spacial score (nSPS) is 15.7. The van der Waals surface area contributed by atoms with E-state index in [-0.39, 0.29) is 4.90 Å². The Balaban J connectivity index is 1.64. The molecule has 1 aliphatic rings. The molecule has 0 atom stereocenters. The Morgan fingerprint density at radius 3 is 2.70 bits per heavy atom. The van der Waals surface area contributed by atoms with E-state index in [0.29, 0.717) is 25.3 Å². The van der Waals surface area contributed by atoms with Gasteiger partial charge in [0.2, 0.25) is 10.0 Å². The Labute approximate surface area is 159 Å². The first kappa shape index (κ1) is 17.8. The third kappa shape index (κ3) is 3.15. The van der Waals surface area contributed by atoms with Gasteiger partial charge in [0, 0.05) is 35.8 Å². The third-order valence-electron chi connectivity index (χ3n) is 5.04. The lowest BCUT2D eigenvalue weighted by Crippen LogP contribution is -2.34. The van der Waals surface area contributed by atoms with Gasteiger partial charge < -0.3 is 9.72 Å². The number of sulfonamides is 1. The van der Waals surface area contributed by atoms with Crippen molar-refractivity contribution in [2.24, 2.45) is 0 Å². The highest BCUT2D eigenvalue weighted by atomic mass is 32.2. The fourth-order valence-corrected chi connectivity index (χ4v) is 5.20. The number of aromatic nitrogens is 1. The minimum atomic E-state index is -3.61. The van der Waals surface area contributed by atoms with Crippen LogP contribution in [0, 0.1) is 6.92 Å². The summed E-state index contributed by atoms with van der Waals surface area (Å²) in [5.74, 6) is 0.381. The van der Waals surface area contributed by atoms with E-state index in [1.165, 1.54) is 22.4 Å². The fourth-order valence-electron chi connectivity index (χ4n) is 3.58. The Kier molecular flexibility index (Phi) is 4.53. The third-order valence-corrected chi connectivity index (χ3v) is 6.93. The Morgan fingerprint density at radius 2 is 1.96 bits per heavy atom. The van der Waals surface area contributed by atoms with Crippen LogP contribution in [0.1, 0.15) is 17.5 Å². The van der Waals surface area contributed by atoms with E-state index >= 15 is 0 Å². The maximum Gasteiger partial charge on any atom is 0.247 e. The first-order valence-corrected chi connectivity index (χ1v) is 10.3. The van der Waals surface area contributed by atoms with Crippen molar-refractivity contribution in [1.82, 2.24) is 9.29 Å². The number of benzene rings is 2. The maximum absolute atomic E-state index is 13.1. The first-order chi connectivity index (χ1) is 13.0. The van der Waals surface area contributed by atoms with Crippen LogP contribution >= 0.6 is 0 Å². The summed E-state index contributed by atoms with van der Waals surface area (Å²) in [4.78, 5) is 3.52. The summed E-state index contributed by atoms with van der Waals surface area (Å²) in [5.41, 5.74) is 4.31. The molecular weight excluding hydrogens is 360 g/mol. The molecule has 3 aromatic rings. The number of aryl methyl sites for hydroxylation is 1. The van der Waals surface area contributed by atoms with Gasteiger partial charge in [0.05, 0.1) is 7.11 Å². The van der Waals surface area contributed by atoms with Crippen molar-refractivity contribution in [2.75, 3.05) is 20.2 Å². The number of nitrogens with zero attached hydrogens (tertiary/aromatic N) is 1. The summed E-state index contributed by atoms with van der Waals surface area (Å²) >= 11 is 0. The summed E-state index contributed by atoms with van der Waals surface area (Å²) in [7, 11) is -2.11. The topological polar surface area (TPSA) is 62.4 Å². The molecule has 0 amide bonds. The summed E-state index contributed by atoms with van der Waals surface area (Å²) in [6.07, 6.45) is 4.69. The average Bonchev–Trinajstić information content (AvgIpc) is 3.12. The van der Waals surface area contributed by atoms with Crippen LogP contribution in [0.4, 0.5) is 0 Å².